The Morgan fingerprint density at radius 3 is 1.92 bits per heavy atom. The molecule has 11 rings (SSSR count). The van der Waals surface area contributed by atoms with Crippen LogP contribution in [0.15, 0.2) is 188 Å². The standard InChI is InChI=1S/C60H50BN2/c1-38-33-42(39-17-9-7-10-18-39)26-32-54(38)63-55-37-51-48(47-23-15-16-24-50(47)60(51,5)6)36-52(55)61-58-49(34-43(35-56(58)63)40-19-11-8-12-20-40)57-46-22-14-13-21-41(46)25-31-53(57)62-45-29-27-44(28-30-45)59(2,3)4/h7-37,62H,1-6H3. The Kier molecular flexibility index (Phi) is 9.10. The molecule has 1 radical (unpaired) electrons. The predicted octanol–water partition coefficient (Wildman–Crippen LogP) is 14.9. The van der Waals surface area contributed by atoms with Gasteiger partial charge in [0.1, 0.15) is 0 Å². The van der Waals surface area contributed by atoms with Gasteiger partial charge in [-0.3, -0.25) is 0 Å². The van der Waals surface area contributed by atoms with Crippen molar-refractivity contribution in [3.05, 3.63) is 210 Å². The van der Waals surface area contributed by atoms with Gasteiger partial charge in [-0.25, -0.2) is 0 Å². The van der Waals surface area contributed by atoms with Crippen LogP contribution in [0, 0.1) is 6.92 Å². The summed E-state index contributed by atoms with van der Waals surface area (Å²) < 4.78 is 0. The topological polar surface area (TPSA) is 15.3 Å². The molecule has 0 aromatic heterocycles. The van der Waals surface area contributed by atoms with Crippen LogP contribution in [0.1, 0.15) is 56.9 Å². The fourth-order valence-electron chi connectivity index (χ4n) is 10.2. The third-order valence-electron chi connectivity index (χ3n) is 13.6. The maximum Gasteiger partial charge on any atom is 0.197 e. The predicted molar refractivity (Wildman–Crippen MR) is 271 cm³/mol. The summed E-state index contributed by atoms with van der Waals surface area (Å²) in [4.78, 5) is 2.56. The molecule has 0 atom stereocenters. The van der Waals surface area contributed by atoms with Crippen molar-refractivity contribution in [2.75, 3.05) is 10.2 Å². The Morgan fingerprint density at radius 2 is 1.19 bits per heavy atom. The second-order valence-corrected chi connectivity index (χ2v) is 19.0. The average Bonchev–Trinajstić information content (AvgIpc) is 3.52. The fraction of sp³-hybridized carbons (Fsp3) is 0.133. The molecular formula is C60H50BN2. The molecule has 0 spiro atoms. The summed E-state index contributed by atoms with van der Waals surface area (Å²) in [6, 6.07) is 69.7. The first-order chi connectivity index (χ1) is 30.5. The second-order valence-electron chi connectivity index (χ2n) is 19.0. The number of hydrogen-bond donors (Lipinski definition) is 1. The highest BCUT2D eigenvalue weighted by Gasteiger charge is 2.39. The zero-order chi connectivity index (χ0) is 43.0. The zero-order valence-electron chi connectivity index (χ0n) is 36.9. The molecule has 0 bridgehead atoms. The number of nitrogens with one attached hydrogen (secondary N) is 1. The number of hydrogen-bond acceptors (Lipinski definition) is 2. The largest absolute Gasteiger partial charge is 0.355 e. The zero-order valence-corrected chi connectivity index (χ0v) is 36.9. The van der Waals surface area contributed by atoms with Crippen molar-refractivity contribution in [2.45, 2.75) is 52.4 Å². The molecule has 63 heavy (non-hydrogen) atoms. The molecule has 2 aliphatic rings. The highest BCUT2D eigenvalue weighted by molar-refractivity contribution is 6.73. The molecular weight excluding hydrogens is 759 g/mol. The number of nitrogens with zero attached hydrogens (tertiary/aromatic N) is 1. The third-order valence-corrected chi connectivity index (χ3v) is 13.6. The van der Waals surface area contributed by atoms with E-state index in [1.54, 1.807) is 0 Å². The van der Waals surface area contributed by atoms with Gasteiger partial charge in [0.25, 0.3) is 0 Å². The van der Waals surface area contributed by atoms with Crippen molar-refractivity contribution in [3.63, 3.8) is 0 Å². The molecule has 0 unspecified atom stereocenters. The van der Waals surface area contributed by atoms with Crippen LogP contribution in [-0.2, 0) is 10.8 Å². The summed E-state index contributed by atoms with van der Waals surface area (Å²) >= 11 is 0. The second kappa shape index (κ2) is 14.8. The average molecular weight is 810 g/mol. The molecule has 1 aliphatic carbocycles. The van der Waals surface area contributed by atoms with E-state index in [1.165, 1.54) is 99.8 Å². The van der Waals surface area contributed by atoms with E-state index in [1.807, 2.05) is 0 Å². The van der Waals surface area contributed by atoms with E-state index in [4.69, 9.17) is 0 Å². The van der Waals surface area contributed by atoms with Crippen molar-refractivity contribution < 1.29 is 0 Å². The summed E-state index contributed by atoms with van der Waals surface area (Å²) in [5.41, 5.74) is 23.1. The SMILES string of the molecule is Cc1cc(-c2ccccc2)ccc1N1c2cc3c(cc2[B]c2c(-c4c(Nc5ccc(C(C)(C)C)cc5)ccc5ccccc45)cc(-c4ccccc4)cc21)-c1ccccc1C3(C)C. The first-order valence-electron chi connectivity index (χ1n) is 22.3. The van der Waals surface area contributed by atoms with E-state index < -0.39 is 0 Å². The van der Waals surface area contributed by atoms with E-state index in [-0.39, 0.29) is 10.8 Å². The van der Waals surface area contributed by atoms with Gasteiger partial charge < -0.3 is 10.2 Å². The van der Waals surface area contributed by atoms with Gasteiger partial charge in [0, 0.05) is 39.4 Å². The lowest BCUT2D eigenvalue weighted by Crippen LogP contribution is -2.41. The molecule has 303 valence electrons. The van der Waals surface area contributed by atoms with Crippen LogP contribution in [-0.4, -0.2) is 7.28 Å². The van der Waals surface area contributed by atoms with E-state index in [0.717, 1.165) is 17.1 Å². The monoisotopic (exact) mass is 809 g/mol. The number of rotatable bonds is 6. The van der Waals surface area contributed by atoms with Crippen LogP contribution >= 0.6 is 0 Å². The molecule has 0 saturated heterocycles. The molecule has 1 N–H and O–H groups in total. The van der Waals surface area contributed by atoms with Crippen LogP contribution in [0.25, 0.3) is 55.3 Å². The summed E-state index contributed by atoms with van der Waals surface area (Å²) in [5, 5.41) is 6.34. The summed E-state index contributed by atoms with van der Waals surface area (Å²) in [6.45, 7) is 13.8. The van der Waals surface area contributed by atoms with Crippen molar-refractivity contribution in [1.82, 2.24) is 0 Å². The molecule has 0 fully saturated rings. The maximum absolute atomic E-state index is 3.93. The van der Waals surface area contributed by atoms with Gasteiger partial charge >= 0.3 is 0 Å². The van der Waals surface area contributed by atoms with Crippen molar-refractivity contribution in [3.8, 4) is 44.5 Å². The highest BCUT2D eigenvalue weighted by atomic mass is 15.2. The molecule has 9 aromatic carbocycles. The number of anilines is 5. The maximum atomic E-state index is 3.93. The van der Waals surface area contributed by atoms with E-state index in [9.17, 15) is 0 Å². The minimum atomic E-state index is -0.148. The van der Waals surface area contributed by atoms with E-state index in [0.29, 0.717) is 0 Å². The molecule has 0 amide bonds. The molecule has 0 saturated carbocycles. The van der Waals surface area contributed by atoms with E-state index >= 15 is 0 Å². The summed E-state index contributed by atoms with van der Waals surface area (Å²) in [7, 11) is 2.47. The Hall–Kier alpha value is -7.10. The smallest absolute Gasteiger partial charge is 0.197 e. The van der Waals surface area contributed by atoms with Crippen molar-refractivity contribution in [2.24, 2.45) is 0 Å². The summed E-state index contributed by atoms with van der Waals surface area (Å²) in [5.74, 6) is 0. The van der Waals surface area contributed by atoms with Crippen LogP contribution in [0.3, 0.4) is 0 Å². The summed E-state index contributed by atoms with van der Waals surface area (Å²) in [6.07, 6.45) is 0. The quantitative estimate of drug-likeness (QED) is 0.168. The Balaban J connectivity index is 1.20. The molecule has 9 aromatic rings. The van der Waals surface area contributed by atoms with Crippen LogP contribution in [0.5, 0.6) is 0 Å². The first-order valence-corrected chi connectivity index (χ1v) is 22.3. The molecule has 1 heterocycles. The van der Waals surface area contributed by atoms with Gasteiger partial charge in [-0.05, 0) is 138 Å². The number of aryl methyl sites for hydroxylation is 1. The van der Waals surface area contributed by atoms with Crippen LogP contribution in [0.4, 0.5) is 28.4 Å². The van der Waals surface area contributed by atoms with Gasteiger partial charge in [0.05, 0.1) is 0 Å². The molecule has 1 aliphatic heterocycles. The van der Waals surface area contributed by atoms with Gasteiger partial charge in [0.2, 0.25) is 0 Å². The minimum absolute atomic E-state index is 0.0692. The third kappa shape index (κ3) is 6.57. The molecule has 3 heteroatoms. The Bertz CT molecular complexity index is 3230. The minimum Gasteiger partial charge on any atom is -0.355 e. The molecule has 2 nitrogen and oxygen atoms in total. The number of fused-ring (bicyclic) bond motifs is 6. The lowest BCUT2D eigenvalue weighted by molar-refractivity contribution is 0.590. The van der Waals surface area contributed by atoms with Crippen LogP contribution in [0.2, 0.25) is 0 Å². The normalized spacial score (nSPS) is 13.5. The highest BCUT2D eigenvalue weighted by Crippen LogP contribution is 2.52. The lowest BCUT2D eigenvalue weighted by Gasteiger charge is -2.37. The number of benzene rings is 9. The van der Waals surface area contributed by atoms with Crippen molar-refractivity contribution >= 4 is 57.4 Å². The van der Waals surface area contributed by atoms with Gasteiger partial charge in [-0.15, -0.1) is 0 Å². The van der Waals surface area contributed by atoms with Gasteiger partial charge in [0.15, 0.2) is 7.28 Å². The fourth-order valence-corrected chi connectivity index (χ4v) is 10.2. The van der Waals surface area contributed by atoms with Gasteiger partial charge in [-0.1, -0.05) is 180 Å². The lowest BCUT2D eigenvalue weighted by atomic mass is 9.57. The van der Waals surface area contributed by atoms with Crippen molar-refractivity contribution in [1.29, 1.82) is 0 Å². The Morgan fingerprint density at radius 1 is 0.508 bits per heavy atom. The Labute approximate surface area is 373 Å². The van der Waals surface area contributed by atoms with Gasteiger partial charge in [-0.2, -0.15) is 0 Å². The van der Waals surface area contributed by atoms with E-state index in [2.05, 4.69) is 247 Å². The van der Waals surface area contributed by atoms with Crippen LogP contribution < -0.4 is 21.1 Å². The first kappa shape index (κ1) is 38.8.